The molecule has 5 heteroatoms. The van der Waals surface area contributed by atoms with Crippen LogP contribution < -0.4 is 4.90 Å². The van der Waals surface area contributed by atoms with Crippen LogP contribution in [0.2, 0.25) is 0 Å². The van der Waals surface area contributed by atoms with Crippen molar-refractivity contribution in [3.8, 4) is 11.3 Å². The van der Waals surface area contributed by atoms with Gasteiger partial charge in [0.2, 0.25) is 0 Å². The average molecular weight is 321 g/mol. The second kappa shape index (κ2) is 7.00. The molecular weight excluding hydrogens is 305 g/mol. The standard InChI is InChI=1S/C19H16FN3O/c1-2-23(17-8-6-16(20)7-9-17)19-12-21-11-18(22-19)15-5-3-4-14(10-15)13-24/h3-13H,2H2,1H3. The molecule has 120 valence electrons. The number of nitrogens with zero attached hydrogens (tertiary/aromatic N) is 3. The van der Waals surface area contributed by atoms with Gasteiger partial charge in [-0.1, -0.05) is 18.2 Å². The summed E-state index contributed by atoms with van der Waals surface area (Å²) in [5.74, 6) is 0.387. The number of carbonyl (C=O) groups is 1. The first-order valence-corrected chi connectivity index (χ1v) is 7.62. The van der Waals surface area contributed by atoms with Crippen LogP contribution in [0, 0.1) is 5.82 Å². The Morgan fingerprint density at radius 1 is 1.12 bits per heavy atom. The normalized spacial score (nSPS) is 10.4. The van der Waals surface area contributed by atoms with E-state index in [1.165, 1.54) is 12.1 Å². The molecule has 3 rings (SSSR count). The first kappa shape index (κ1) is 15.8. The molecule has 4 nitrogen and oxygen atoms in total. The molecule has 0 aliphatic rings. The molecule has 2 aromatic carbocycles. The van der Waals surface area contributed by atoms with Crippen LogP contribution in [0.4, 0.5) is 15.9 Å². The highest BCUT2D eigenvalue weighted by molar-refractivity contribution is 5.78. The average Bonchev–Trinajstić information content (AvgIpc) is 2.64. The monoisotopic (exact) mass is 321 g/mol. The lowest BCUT2D eigenvalue weighted by atomic mass is 10.1. The summed E-state index contributed by atoms with van der Waals surface area (Å²) in [6.45, 7) is 2.66. The Labute approximate surface area is 139 Å². The number of rotatable bonds is 5. The van der Waals surface area contributed by atoms with Gasteiger partial charge in [0.15, 0.2) is 5.82 Å². The van der Waals surface area contributed by atoms with Gasteiger partial charge in [0.1, 0.15) is 12.1 Å². The number of hydrogen-bond acceptors (Lipinski definition) is 4. The zero-order chi connectivity index (χ0) is 16.9. The van der Waals surface area contributed by atoms with Crippen molar-refractivity contribution in [1.29, 1.82) is 0 Å². The fourth-order valence-electron chi connectivity index (χ4n) is 2.49. The van der Waals surface area contributed by atoms with Crippen molar-refractivity contribution in [3.63, 3.8) is 0 Å². The molecule has 0 aliphatic carbocycles. The number of aromatic nitrogens is 2. The van der Waals surface area contributed by atoms with Crippen LogP contribution in [-0.4, -0.2) is 22.8 Å². The number of anilines is 2. The molecular formula is C19H16FN3O. The predicted molar refractivity (Wildman–Crippen MR) is 91.9 cm³/mol. The molecule has 0 radical (unpaired) electrons. The second-order valence-corrected chi connectivity index (χ2v) is 5.23. The molecule has 0 N–H and O–H groups in total. The minimum atomic E-state index is -0.277. The molecule has 0 atom stereocenters. The van der Waals surface area contributed by atoms with Crippen molar-refractivity contribution in [2.45, 2.75) is 6.92 Å². The molecule has 0 amide bonds. The molecule has 0 fully saturated rings. The number of carbonyl (C=O) groups excluding carboxylic acids is 1. The van der Waals surface area contributed by atoms with Crippen molar-refractivity contribution >= 4 is 17.8 Å². The third-order valence-electron chi connectivity index (χ3n) is 3.67. The minimum absolute atomic E-state index is 0.277. The van der Waals surface area contributed by atoms with E-state index in [0.29, 0.717) is 23.6 Å². The largest absolute Gasteiger partial charge is 0.325 e. The van der Waals surface area contributed by atoms with E-state index in [1.807, 2.05) is 24.0 Å². The Bertz CT molecular complexity index is 849. The first-order chi connectivity index (χ1) is 11.7. The quantitative estimate of drug-likeness (QED) is 0.659. The van der Waals surface area contributed by atoms with Crippen molar-refractivity contribution in [2.24, 2.45) is 0 Å². The van der Waals surface area contributed by atoms with Gasteiger partial charge in [0, 0.05) is 23.4 Å². The van der Waals surface area contributed by atoms with E-state index in [1.54, 1.807) is 36.7 Å². The van der Waals surface area contributed by atoms with Crippen LogP contribution in [0.1, 0.15) is 17.3 Å². The van der Waals surface area contributed by atoms with Crippen LogP contribution in [0.15, 0.2) is 60.9 Å². The lowest BCUT2D eigenvalue weighted by Gasteiger charge is -2.22. The third-order valence-corrected chi connectivity index (χ3v) is 3.67. The van der Waals surface area contributed by atoms with E-state index in [2.05, 4.69) is 9.97 Å². The van der Waals surface area contributed by atoms with Gasteiger partial charge in [-0.25, -0.2) is 9.37 Å². The zero-order valence-corrected chi connectivity index (χ0v) is 13.2. The molecule has 0 saturated heterocycles. The molecule has 24 heavy (non-hydrogen) atoms. The summed E-state index contributed by atoms with van der Waals surface area (Å²) in [6, 6.07) is 13.5. The van der Waals surface area contributed by atoms with Gasteiger partial charge >= 0.3 is 0 Å². The minimum Gasteiger partial charge on any atom is -0.325 e. The highest BCUT2D eigenvalue weighted by atomic mass is 19.1. The summed E-state index contributed by atoms with van der Waals surface area (Å²) in [5, 5.41) is 0. The maximum absolute atomic E-state index is 13.1. The summed E-state index contributed by atoms with van der Waals surface area (Å²) in [6.07, 6.45) is 4.13. The van der Waals surface area contributed by atoms with Gasteiger partial charge in [-0.05, 0) is 37.3 Å². The van der Waals surface area contributed by atoms with Gasteiger partial charge in [-0.3, -0.25) is 9.78 Å². The van der Waals surface area contributed by atoms with Gasteiger partial charge < -0.3 is 4.90 Å². The molecule has 0 aliphatic heterocycles. The highest BCUT2D eigenvalue weighted by Crippen LogP contribution is 2.25. The van der Waals surface area contributed by atoms with Crippen molar-refractivity contribution in [1.82, 2.24) is 9.97 Å². The smallest absolute Gasteiger partial charge is 0.152 e. The number of halogens is 1. The van der Waals surface area contributed by atoms with Crippen LogP contribution in [0.5, 0.6) is 0 Å². The van der Waals surface area contributed by atoms with Gasteiger partial charge in [0.05, 0.1) is 18.1 Å². The fraction of sp³-hybridized carbons (Fsp3) is 0.105. The zero-order valence-electron chi connectivity index (χ0n) is 13.2. The van der Waals surface area contributed by atoms with Crippen molar-refractivity contribution in [2.75, 3.05) is 11.4 Å². The summed E-state index contributed by atoms with van der Waals surface area (Å²) in [5.41, 5.74) is 2.93. The Morgan fingerprint density at radius 3 is 2.62 bits per heavy atom. The third kappa shape index (κ3) is 3.30. The summed E-state index contributed by atoms with van der Waals surface area (Å²) in [7, 11) is 0. The fourth-order valence-corrected chi connectivity index (χ4v) is 2.49. The molecule has 1 aromatic heterocycles. The topological polar surface area (TPSA) is 46.1 Å². The molecule has 1 heterocycles. The number of aldehydes is 1. The predicted octanol–water partition coefficient (Wildman–Crippen LogP) is 4.25. The number of hydrogen-bond donors (Lipinski definition) is 0. The maximum Gasteiger partial charge on any atom is 0.152 e. The van der Waals surface area contributed by atoms with Crippen LogP contribution >= 0.6 is 0 Å². The molecule has 0 saturated carbocycles. The van der Waals surface area contributed by atoms with Gasteiger partial charge in [-0.2, -0.15) is 0 Å². The van der Waals surface area contributed by atoms with E-state index >= 15 is 0 Å². The molecule has 0 spiro atoms. The number of benzene rings is 2. The summed E-state index contributed by atoms with van der Waals surface area (Å²) >= 11 is 0. The maximum atomic E-state index is 13.1. The Morgan fingerprint density at radius 2 is 1.92 bits per heavy atom. The Balaban J connectivity index is 1.99. The van der Waals surface area contributed by atoms with E-state index in [9.17, 15) is 9.18 Å². The Hall–Kier alpha value is -3.08. The van der Waals surface area contributed by atoms with Crippen molar-refractivity contribution < 1.29 is 9.18 Å². The van der Waals surface area contributed by atoms with E-state index in [-0.39, 0.29) is 5.82 Å². The van der Waals surface area contributed by atoms with E-state index < -0.39 is 0 Å². The lowest BCUT2D eigenvalue weighted by molar-refractivity contribution is 0.112. The summed E-state index contributed by atoms with van der Waals surface area (Å²) < 4.78 is 13.1. The second-order valence-electron chi connectivity index (χ2n) is 5.23. The van der Waals surface area contributed by atoms with Crippen LogP contribution in [0.3, 0.4) is 0 Å². The summed E-state index contributed by atoms with van der Waals surface area (Å²) in [4.78, 5) is 21.8. The van der Waals surface area contributed by atoms with Crippen molar-refractivity contribution in [3.05, 3.63) is 72.3 Å². The van der Waals surface area contributed by atoms with E-state index in [0.717, 1.165) is 17.5 Å². The Kier molecular flexibility index (Phi) is 4.61. The highest BCUT2D eigenvalue weighted by Gasteiger charge is 2.11. The van der Waals surface area contributed by atoms with E-state index in [4.69, 9.17) is 0 Å². The molecule has 3 aromatic rings. The lowest BCUT2D eigenvalue weighted by Crippen LogP contribution is -2.17. The molecule has 0 unspecified atom stereocenters. The van der Waals surface area contributed by atoms with Crippen LogP contribution in [-0.2, 0) is 0 Å². The molecule has 0 bridgehead atoms. The van der Waals surface area contributed by atoms with Gasteiger partial charge in [0.25, 0.3) is 0 Å². The SMILES string of the molecule is CCN(c1ccc(F)cc1)c1cncc(-c2cccc(C=O)c2)n1. The van der Waals surface area contributed by atoms with Crippen LogP contribution in [0.25, 0.3) is 11.3 Å². The first-order valence-electron chi connectivity index (χ1n) is 7.62. The van der Waals surface area contributed by atoms with Gasteiger partial charge in [-0.15, -0.1) is 0 Å².